The van der Waals surface area contributed by atoms with E-state index in [4.69, 9.17) is 0 Å². The van der Waals surface area contributed by atoms with Gasteiger partial charge in [-0.05, 0) is 39.5 Å². The average Bonchev–Trinajstić information content (AvgIpc) is 2.73. The lowest BCUT2D eigenvalue weighted by Crippen LogP contribution is -2.43. The largest absolute Gasteiger partial charge is 0.333 e. The van der Waals surface area contributed by atoms with Gasteiger partial charge in [0.1, 0.15) is 0 Å². The highest BCUT2D eigenvalue weighted by Crippen LogP contribution is 2.35. The van der Waals surface area contributed by atoms with Crippen LogP contribution in [0.5, 0.6) is 0 Å². The minimum absolute atomic E-state index is 0.0340. The molecule has 13 heavy (non-hydrogen) atoms. The summed E-state index contributed by atoms with van der Waals surface area (Å²) in [5.74, 6) is 0.760. The summed E-state index contributed by atoms with van der Waals surface area (Å²) in [6.45, 7) is 7.15. The molecule has 2 amide bonds. The number of nitrogens with one attached hydrogen (secondary N) is 1. The van der Waals surface area contributed by atoms with E-state index in [2.05, 4.69) is 26.1 Å². The van der Waals surface area contributed by atoms with Gasteiger partial charge in [0.15, 0.2) is 0 Å². The quantitative estimate of drug-likeness (QED) is 0.656. The lowest BCUT2D eigenvalue weighted by molar-refractivity contribution is 0.169. The van der Waals surface area contributed by atoms with E-state index in [-0.39, 0.29) is 11.6 Å². The van der Waals surface area contributed by atoms with Crippen LogP contribution in [0.3, 0.4) is 0 Å². The minimum Gasteiger partial charge on any atom is -0.333 e. The first-order valence-electron chi connectivity index (χ1n) is 5.06. The Morgan fingerprint density at radius 2 is 2.00 bits per heavy atom. The van der Waals surface area contributed by atoms with Gasteiger partial charge in [-0.15, -0.1) is 0 Å². The van der Waals surface area contributed by atoms with Crippen LogP contribution >= 0.6 is 0 Å². The van der Waals surface area contributed by atoms with Crippen molar-refractivity contribution in [2.75, 3.05) is 6.54 Å². The number of amides is 2. The van der Waals surface area contributed by atoms with E-state index >= 15 is 0 Å². The van der Waals surface area contributed by atoms with E-state index in [0.29, 0.717) is 6.04 Å². The van der Waals surface area contributed by atoms with Gasteiger partial charge in [-0.2, -0.15) is 0 Å². The summed E-state index contributed by atoms with van der Waals surface area (Å²) in [5.41, 5.74) is -0.0340. The van der Waals surface area contributed by atoms with Gasteiger partial charge in [-0.1, -0.05) is 0 Å². The van der Waals surface area contributed by atoms with E-state index < -0.39 is 0 Å². The van der Waals surface area contributed by atoms with E-state index in [1.807, 2.05) is 4.90 Å². The molecule has 3 heteroatoms. The summed E-state index contributed by atoms with van der Waals surface area (Å²) >= 11 is 0. The zero-order chi connectivity index (χ0) is 9.64. The number of hydrogen-bond acceptors (Lipinski definition) is 1. The van der Waals surface area contributed by atoms with E-state index in [1.54, 1.807) is 0 Å². The smallest absolute Gasteiger partial charge is 0.318 e. The number of urea groups is 1. The predicted molar refractivity (Wildman–Crippen MR) is 51.5 cm³/mol. The molecule has 2 aliphatic rings. The number of carbonyl (C=O) groups excluding carboxylic acids is 1. The van der Waals surface area contributed by atoms with Gasteiger partial charge < -0.3 is 10.2 Å². The Morgan fingerprint density at radius 3 is 2.38 bits per heavy atom. The maximum Gasteiger partial charge on any atom is 0.318 e. The van der Waals surface area contributed by atoms with Crippen LogP contribution in [0.1, 0.15) is 33.6 Å². The molecule has 0 aromatic heterocycles. The molecule has 0 aromatic rings. The highest BCUT2D eigenvalue weighted by Gasteiger charge is 2.42. The monoisotopic (exact) mass is 182 g/mol. The maximum atomic E-state index is 11.6. The standard InChI is InChI=1S/C10H18N2O/c1-10(2,3)12-6-8(7-4-5-7)11-9(12)13/h7-8H,4-6H2,1-3H3,(H,11,13)/t8-/m0/s1. The van der Waals surface area contributed by atoms with Gasteiger partial charge in [-0.3, -0.25) is 0 Å². The molecule has 1 saturated heterocycles. The van der Waals surface area contributed by atoms with Crippen LogP contribution in [-0.2, 0) is 0 Å². The van der Waals surface area contributed by atoms with Crippen LogP contribution in [0.15, 0.2) is 0 Å². The molecule has 3 nitrogen and oxygen atoms in total. The third-order valence-corrected chi connectivity index (χ3v) is 2.93. The third kappa shape index (κ3) is 1.64. The van der Waals surface area contributed by atoms with Crippen molar-refractivity contribution in [2.45, 2.75) is 45.2 Å². The first-order valence-corrected chi connectivity index (χ1v) is 5.06. The van der Waals surface area contributed by atoms with Crippen molar-refractivity contribution in [1.82, 2.24) is 10.2 Å². The zero-order valence-corrected chi connectivity index (χ0v) is 8.63. The lowest BCUT2D eigenvalue weighted by Gasteiger charge is -2.30. The molecule has 0 unspecified atom stereocenters. The highest BCUT2D eigenvalue weighted by molar-refractivity contribution is 5.77. The van der Waals surface area contributed by atoms with Crippen LogP contribution in [0.4, 0.5) is 4.79 Å². The highest BCUT2D eigenvalue weighted by atomic mass is 16.2. The van der Waals surface area contributed by atoms with Gasteiger partial charge >= 0.3 is 6.03 Å². The summed E-state index contributed by atoms with van der Waals surface area (Å²) < 4.78 is 0. The van der Waals surface area contributed by atoms with Crippen molar-refractivity contribution in [3.05, 3.63) is 0 Å². The van der Waals surface area contributed by atoms with Crippen molar-refractivity contribution in [3.63, 3.8) is 0 Å². The fourth-order valence-electron chi connectivity index (χ4n) is 1.91. The Bertz CT molecular complexity index is 228. The van der Waals surface area contributed by atoms with Crippen molar-refractivity contribution in [2.24, 2.45) is 5.92 Å². The van der Waals surface area contributed by atoms with Crippen LogP contribution < -0.4 is 5.32 Å². The molecular weight excluding hydrogens is 164 g/mol. The first kappa shape index (κ1) is 8.85. The first-order chi connectivity index (χ1) is 5.98. The molecule has 1 N–H and O–H groups in total. The van der Waals surface area contributed by atoms with Crippen LogP contribution in [0, 0.1) is 5.92 Å². The molecule has 1 atom stereocenters. The molecule has 74 valence electrons. The average molecular weight is 182 g/mol. The van der Waals surface area contributed by atoms with Crippen LogP contribution in [0.25, 0.3) is 0 Å². The Morgan fingerprint density at radius 1 is 1.38 bits per heavy atom. The topological polar surface area (TPSA) is 32.3 Å². The van der Waals surface area contributed by atoms with Crippen molar-refractivity contribution < 1.29 is 4.79 Å². The molecule has 2 fully saturated rings. The molecule has 1 aliphatic carbocycles. The van der Waals surface area contributed by atoms with Crippen molar-refractivity contribution in [1.29, 1.82) is 0 Å². The molecule has 0 bridgehead atoms. The number of nitrogens with zero attached hydrogens (tertiary/aromatic N) is 1. The van der Waals surface area contributed by atoms with Gasteiger partial charge in [-0.25, -0.2) is 4.79 Å². The van der Waals surface area contributed by atoms with Crippen LogP contribution in [0.2, 0.25) is 0 Å². The molecule has 2 rings (SSSR count). The predicted octanol–water partition coefficient (Wildman–Crippen LogP) is 1.59. The van der Waals surface area contributed by atoms with E-state index in [0.717, 1.165) is 12.5 Å². The van der Waals surface area contributed by atoms with Crippen molar-refractivity contribution >= 4 is 6.03 Å². The fourth-order valence-corrected chi connectivity index (χ4v) is 1.91. The zero-order valence-electron chi connectivity index (χ0n) is 8.63. The summed E-state index contributed by atoms with van der Waals surface area (Å²) in [4.78, 5) is 13.5. The second-order valence-electron chi connectivity index (χ2n) is 5.17. The molecule has 1 heterocycles. The molecule has 0 aromatic carbocycles. The maximum absolute atomic E-state index is 11.6. The number of hydrogen-bond donors (Lipinski definition) is 1. The van der Waals surface area contributed by atoms with E-state index in [9.17, 15) is 4.79 Å². The second kappa shape index (κ2) is 2.63. The normalized spacial score (nSPS) is 29.3. The Kier molecular flexibility index (Phi) is 1.79. The third-order valence-electron chi connectivity index (χ3n) is 2.93. The van der Waals surface area contributed by atoms with E-state index in [1.165, 1.54) is 12.8 Å². The van der Waals surface area contributed by atoms with Crippen molar-refractivity contribution in [3.8, 4) is 0 Å². The van der Waals surface area contributed by atoms with Gasteiger partial charge in [0.2, 0.25) is 0 Å². The lowest BCUT2D eigenvalue weighted by atomic mass is 10.1. The summed E-state index contributed by atoms with van der Waals surface area (Å²) in [6.07, 6.45) is 2.59. The number of carbonyl (C=O) groups is 1. The fraction of sp³-hybridized carbons (Fsp3) is 0.900. The second-order valence-corrected chi connectivity index (χ2v) is 5.17. The summed E-state index contributed by atoms with van der Waals surface area (Å²) in [5, 5.41) is 3.06. The van der Waals surface area contributed by atoms with Gasteiger partial charge in [0.05, 0.1) is 6.04 Å². The molecule has 1 saturated carbocycles. The summed E-state index contributed by atoms with van der Waals surface area (Å²) in [6, 6.07) is 0.538. The molecule has 0 spiro atoms. The minimum atomic E-state index is -0.0340. The SMILES string of the molecule is CC(C)(C)N1C[C@@H](C2CC2)NC1=O. The molecule has 0 radical (unpaired) electrons. The van der Waals surface area contributed by atoms with Gasteiger partial charge in [0.25, 0.3) is 0 Å². The van der Waals surface area contributed by atoms with Crippen LogP contribution in [-0.4, -0.2) is 29.1 Å². The Balaban J connectivity index is 2.02. The molecular formula is C10H18N2O. The Labute approximate surface area is 79.5 Å². The van der Waals surface area contributed by atoms with Gasteiger partial charge in [0, 0.05) is 12.1 Å². The Hall–Kier alpha value is -0.730. The molecule has 1 aliphatic heterocycles. The number of rotatable bonds is 1. The summed E-state index contributed by atoms with van der Waals surface area (Å²) in [7, 11) is 0.